The van der Waals surface area contributed by atoms with Crippen molar-refractivity contribution >= 4 is 11.8 Å². The summed E-state index contributed by atoms with van der Waals surface area (Å²) in [6.07, 6.45) is 11.6. The van der Waals surface area contributed by atoms with Gasteiger partial charge in [0, 0.05) is 62.3 Å². The van der Waals surface area contributed by atoms with Gasteiger partial charge in [0.05, 0.1) is 23.3 Å². The second-order valence-electron chi connectivity index (χ2n) is 9.51. The summed E-state index contributed by atoms with van der Waals surface area (Å²) in [5.74, 6) is 1.29. The van der Waals surface area contributed by atoms with Gasteiger partial charge in [0.2, 0.25) is 5.95 Å². The molecule has 0 spiro atoms. The van der Waals surface area contributed by atoms with Gasteiger partial charge >= 0.3 is 0 Å². The standard InChI is InChI=1S/C28H31N9/c1-4-12-37-18-22(17-30-37)20-8-6-7-19(14-20)15-24-26-23(33-35(24)3)10-9-21-16-29-28(32-27(21)26)31-25-11-13-36(5-2)34-25/h6-8,11,13-14,16-18H,4-5,9-10,12,15H2,1-3H3,(H,29,31,32,34). The molecule has 1 N–H and O–H groups in total. The molecule has 4 aromatic heterocycles. The van der Waals surface area contributed by atoms with Crippen LogP contribution >= 0.6 is 0 Å². The van der Waals surface area contributed by atoms with Crippen LogP contribution in [0.25, 0.3) is 22.4 Å². The van der Waals surface area contributed by atoms with Crippen LogP contribution < -0.4 is 5.32 Å². The summed E-state index contributed by atoms with van der Waals surface area (Å²) < 4.78 is 5.90. The van der Waals surface area contributed by atoms with Gasteiger partial charge in [-0.15, -0.1) is 0 Å². The van der Waals surface area contributed by atoms with E-state index in [4.69, 9.17) is 10.1 Å². The number of aryl methyl sites for hydroxylation is 5. The molecule has 5 aromatic rings. The summed E-state index contributed by atoms with van der Waals surface area (Å²) in [5.41, 5.74) is 9.07. The first-order valence-corrected chi connectivity index (χ1v) is 12.9. The lowest BCUT2D eigenvalue weighted by molar-refractivity contribution is 0.603. The lowest BCUT2D eigenvalue weighted by Crippen LogP contribution is -2.09. The Balaban J connectivity index is 1.32. The maximum Gasteiger partial charge on any atom is 0.228 e. The van der Waals surface area contributed by atoms with Gasteiger partial charge in [-0.05, 0) is 42.9 Å². The number of anilines is 2. The van der Waals surface area contributed by atoms with Crippen LogP contribution in [0.2, 0.25) is 0 Å². The molecule has 0 saturated heterocycles. The number of benzene rings is 1. The van der Waals surface area contributed by atoms with Crippen molar-refractivity contribution in [3.8, 4) is 22.4 Å². The molecule has 0 saturated carbocycles. The van der Waals surface area contributed by atoms with Crippen LogP contribution in [0, 0.1) is 0 Å². The molecule has 0 unspecified atom stereocenters. The number of aromatic nitrogens is 8. The van der Waals surface area contributed by atoms with Crippen molar-refractivity contribution in [3.63, 3.8) is 0 Å². The van der Waals surface area contributed by atoms with Crippen LogP contribution in [0.1, 0.15) is 42.8 Å². The van der Waals surface area contributed by atoms with Gasteiger partial charge in [-0.25, -0.2) is 9.97 Å². The van der Waals surface area contributed by atoms with Crippen molar-refractivity contribution < 1.29 is 0 Å². The van der Waals surface area contributed by atoms with E-state index in [-0.39, 0.29) is 0 Å². The third-order valence-electron chi connectivity index (χ3n) is 6.89. The van der Waals surface area contributed by atoms with Gasteiger partial charge in [-0.3, -0.25) is 14.0 Å². The zero-order valence-electron chi connectivity index (χ0n) is 21.5. The maximum atomic E-state index is 4.95. The van der Waals surface area contributed by atoms with Gasteiger partial charge in [0.15, 0.2) is 5.82 Å². The van der Waals surface area contributed by atoms with E-state index >= 15 is 0 Å². The summed E-state index contributed by atoms with van der Waals surface area (Å²) in [6, 6.07) is 10.6. The normalized spacial score (nSPS) is 12.4. The van der Waals surface area contributed by atoms with Crippen LogP contribution in [-0.2, 0) is 39.4 Å². The molecule has 188 valence electrons. The Bertz CT molecular complexity index is 1560. The third-order valence-corrected chi connectivity index (χ3v) is 6.89. The van der Waals surface area contributed by atoms with Gasteiger partial charge in [0.1, 0.15) is 0 Å². The molecule has 1 aromatic carbocycles. The second-order valence-corrected chi connectivity index (χ2v) is 9.51. The van der Waals surface area contributed by atoms with Crippen molar-refractivity contribution in [1.29, 1.82) is 0 Å². The maximum absolute atomic E-state index is 4.95. The molecule has 9 nitrogen and oxygen atoms in total. The Hall–Kier alpha value is -4.27. The van der Waals surface area contributed by atoms with Crippen LogP contribution in [0.3, 0.4) is 0 Å². The van der Waals surface area contributed by atoms with Crippen molar-refractivity contribution in [3.05, 3.63) is 77.6 Å². The SMILES string of the molecule is CCCn1cc(-c2cccc(Cc3c4c(nn3C)CCc3cnc(Nc5ccn(CC)n5)nc3-4)c2)cn1. The minimum Gasteiger partial charge on any atom is -0.307 e. The Labute approximate surface area is 216 Å². The highest BCUT2D eigenvalue weighted by Crippen LogP contribution is 2.36. The Kier molecular flexibility index (Phi) is 6.04. The fourth-order valence-corrected chi connectivity index (χ4v) is 5.03. The van der Waals surface area contributed by atoms with Crippen molar-refractivity contribution in [2.24, 2.45) is 7.05 Å². The molecule has 6 rings (SSSR count). The molecule has 0 aliphatic heterocycles. The molecule has 0 amide bonds. The average Bonchev–Trinajstić information content (AvgIpc) is 3.64. The van der Waals surface area contributed by atoms with Gasteiger partial charge < -0.3 is 5.32 Å². The average molecular weight is 494 g/mol. The summed E-state index contributed by atoms with van der Waals surface area (Å²) in [7, 11) is 2.03. The highest BCUT2D eigenvalue weighted by atomic mass is 15.3. The van der Waals surface area contributed by atoms with E-state index in [0.29, 0.717) is 5.95 Å². The van der Waals surface area contributed by atoms with Gasteiger partial charge in [0.25, 0.3) is 0 Å². The molecule has 0 radical (unpaired) electrons. The van der Waals surface area contributed by atoms with E-state index in [9.17, 15) is 0 Å². The van der Waals surface area contributed by atoms with Crippen LogP contribution in [0.5, 0.6) is 0 Å². The zero-order valence-corrected chi connectivity index (χ0v) is 21.5. The van der Waals surface area contributed by atoms with E-state index in [1.54, 1.807) is 0 Å². The number of nitrogens with one attached hydrogen (secondary N) is 1. The van der Waals surface area contributed by atoms with E-state index in [2.05, 4.69) is 64.8 Å². The molecule has 0 fully saturated rings. The highest BCUT2D eigenvalue weighted by Gasteiger charge is 2.26. The Morgan fingerprint density at radius 3 is 2.76 bits per heavy atom. The predicted octanol–water partition coefficient (Wildman–Crippen LogP) is 4.80. The number of rotatable bonds is 8. The van der Waals surface area contributed by atoms with Crippen LogP contribution in [0.4, 0.5) is 11.8 Å². The van der Waals surface area contributed by atoms with Crippen molar-refractivity contribution in [1.82, 2.24) is 39.3 Å². The number of hydrogen-bond donors (Lipinski definition) is 1. The highest BCUT2D eigenvalue weighted by molar-refractivity contribution is 5.72. The molecule has 37 heavy (non-hydrogen) atoms. The van der Waals surface area contributed by atoms with E-state index in [1.165, 1.54) is 11.1 Å². The topological polar surface area (TPSA) is 91.3 Å². The molecule has 0 bridgehead atoms. The van der Waals surface area contributed by atoms with E-state index in [0.717, 1.165) is 78.4 Å². The van der Waals surface area contributed by atoms with Crippen molar-refractivity contribution in [2.45, 2.75) is 52.6 Å². The number of fused-ring (bicyclic) bond motifs is 3. The Morgan fingerprint density at radius 1 is 1.00 bits per heavy atom. The summed E-state index contributed by atoms with van der Waals surface area (Å²) in [5, 5.41) is 17.2. The quantitative estimate of drug-likeness (QED) is 0.334. The molecule has 0 atom stereocenters. The summed E-state index contributed by atoms with van der Waals surface area (Å²) in [4.78, 5) is 9.52. The first kappa shape index (κ1) is 23.1. The number of nitrogens with zero attached hydrogens (tertiary/aromatic N) is 8. The predicted molar refractivity (Wildman–Crippen MR) is 144 cm³/mol. The van der Waals surface area contributed by atoms with Crippen molar-refractivity contribution in [2.75, 3.05) is 5.32 Å². The van der Waals surface area contributed by atoms with Gasteiger partial charge in [-0.1, -0.05) is 31.2 Å². The summed E-state index contributed by atoms with van der Waals surface area (Å²) >= 11 is 0. The minimum absolute atomic E-state index is 0.550. The monoisotopic (exact) mass is 493 g/mol. The molecular formula is C28H31N9. The summed E-state index contributed by atoms with van der Waals surface area (Å²) in [6.45, 7) is 5.97. The smallest absolute Gasteiger partial charge is 0.228 e. The van der Waals surface area contributed by atoms with Crippen LogP contribution in [-0.4, -0.2) is 39.3 Å². The van der Waals surface area contributed by atoms with E-state index < -0.39 is 0 Å². The first-order valence-electron chi connectivity index (χ1n) is 12.9. The number of hydrogen-bond acceptors (Lipinski definition) is 6. The largest absolute Gasteiger partial charge is 0.307 e. The zero-order chi connectivity index (χ0) is 25.4. The molecule has 9 heteroatoms. The van der Waals surface area contributed by atoms with E-state index in [1.807, 2.05) is 45.7 Å². The fraction of sp³-hybridized carbons (Fsp3) is 0.321. The third kappa shape index (κ3) is 4.52. The van der Waals surface area contributed by atoms with Gasteiger partial charge in [-0.2, -0.15) is 15.3 Å². The fourth-order valence-electron chi connectivity index (χ4n) is 5.03. The molecular weight excluding hydrogens is 462 g/mol. The first-order chi connectivity index (χ1) is 18.1. The minimum atomic E-state index is 0.550. The molecule has 4 heterocycles. The lowest BCUT2D eigenvalue weighted by atomic mass is 9.91. The molecule has 1 aliphatic rings. The lowest BCUT2D eigenvalue weighted by Gasteiger charge is -2.17. The Morgan fingerprint density at radius 2 is 1.92 bits per heavy atom. The second kappa shape index (κ2) is 9.65. The van der Waals surface area contributed by atoms with Crippen LogP contribution in [0.15, 0.2) is 55.1 Å². The molecule has 1 aliphatic carbocycles.